The van der Waals surface area contributed by atoms with Gasteiger partial charge >= 0.3 is 0 Å². The van der Waals surface area contributed by atoms with Gasteiger partial charge in [-0.15, -0.1) is 0 Å². The Labute approximate surface area is 117 Å². The zero-order valence-corrected chi connectivity index (χ0v) is 11.8. The van der Waals surface area contributed by atoms with Gasteiger partial charge in [-0.2, -0.15) is 0 Å². The first-order chi connectivity index (χ1) is 9.32. The highest BCUT2D eigenvalue weighted by Crippen LogP contribution is 2.34. The van der Waals surface area contributed by atoms with Gasteiger partial charge in [-0.05, 0) is 28.7 Å². The first-order valence-electron chi connectivity index (χ1n) is 6.53. The zero-order valence-electron chi connectivity index (χ0n) is 11.8. The van der Waals surface area contributed by atoms with Crippen LogP contribution in [0.4, 0.5) is 8.78 Å². The van der Waals surface area contributed by atoms with Gasteiger partial charge in [0.05, 0.1) is 5.56 Å². The summed E-state index contributed by atoms with van der Waals surface area (Å²) in [6.45, 7) is 5.99. The predicted molar refractivity (Wildman–Crippen MR) is 75.6 cm³/mol. The molecule has 2 rings (SSSR count). The van der Waals surface area contributed by atoms with Crippen LogP contribution in [0.15, 0.2) is 42.5 Å². The fourth-order valence-electron chi connectivity index (χ4n) is 2.35. The average Bonchev–Trinajstić information content (AvgIpc) is 2.37. The maximum Gasteiger partial charge on any atom is 0.132 e. The summed E-state index contributed by atoms with van der Waals surface area (Å²) in [5.41, 5.74) is 0.877. The van der Waals surface area contributed by atoms with Gasteiger partial charge in [0.2, 0.25) is 0 Å². The van der Waals surface area contributed by atoms with Gasteiger partial charge in [0, 0.05) is 0 Å². The van der Waals surface area contributed by atoms with Gasteiger partial charge in [-0.1, -0.05) is 51.1 Å². The van der Waals surface area contributed by atoms with Crippen molar-refractivity contribution in [2.75, 3.05) is 0 Å². The summed E-state index contributed by atoms with van der Waals surface area (Å²) < 4.78 is 27.6. The Kier molecular flexibility index (Phi) is 3.91. The molecule has 0 saturated heterocycles. The van der Waals surface area contributed by atoms with E-state index in [0.717, 1.165) is 17.7 Å². The normalized spacial score (nSPS) is 13.3. The highest BCUT2D eigenvalue weighted by Gasteiger charge is 2.25. The topological polar surface area (TPSA) is 20.2 Å². The van der Waals surface area contributed by atoms with E-state index < -0.39 is 17.7 Å². The van der Waals surface area contributed by atoms with Crippen molar-refractivity contribution in [3.05, 3.63) is 70.8 Å². The number of hydrogen-bond acceptors (Lipinski definition) is 1. The summed E-state index contributed by atoms with van der Waals surface area (Å²) in [4.78, 5) is 0. The molecular formula is C17H18F2O. The second-order valence-electron chi connectivity index (χ2n) is 5.88. The Bertz CT molecular complexity index is 594. The van der Waals surface area contributed by atoms with E-state index in [1.165, 1.54) is 6.07 Å². The van der Waals surface area contributed by atoms with Gasteiger partial charge in [-0.3, -0.25) is 0 Å². The van der Waals surface area contributed by atoms with Crippen LogP contribution in [0.5, 0.6) is 0 Å². The molecule has 0 heterocycles. The maximum absolute atomic E-state index is 13.8. The standard InChI is InChI=1S/C17H18F2O/c1-17(2,3)12-8-5-4-7-11(12)16(20)15-13(18)9-6-10-14(15)19/h4-10,16,20H,1-3H3. The van der Waals surface area contributed by atoms with Crippen LogP contribution in [-0.4, -0.2) is 5.11 Å². The molecule has 2 aromatic rings. The van der Waals surface area contributed by atoms with Gasteiger partial charge in [0.15, 0.2) is 0 Å². The van der Waals surface area contributed by atoms with E-state index in [4.69, 9.17) is 0 Å². The number of rotatable bonds is 2. The first-order valence-corrected chi connectivity index (χ1v) is 6.53. The van der Waals surface area contributed by atoms with E-state index in [1.807, 2.05) is 32.9 Å². The van der Waals surface area contributed by atoms with Crippen molar-refractivity contribution in [1.82, 2.24) is 0 Å². The van der Waals surface area contributed by atoms with Crippen molar-refractivity contribution >= 4 is 0 Å². The lowest BCUT2D eigenvalue weighted by Crippen LogP contribution is -2.17. The van der Waals surface area contributed by atoms with Crippen LogP contribution in [0.2, 0.25) is 0 Å². The third kappa shape index (κ3) is 2.73. The molecule has 0 amide bonds. The van der Waals surface area contributed by atoms with Gasteiger partial charge in [0.25, 0.3) is 0 Å². The molecule has 2 aromatic carbocycles. The van der Waals surface area contributed by atoms with Crippen LogP contribution >= 0.6 is 0 Å². The van der Waals surface area contributed by atoms with Crippen molar-refractivity contribution in [2.45, 2.75) is 32.3 Å². The molecule has 1 nitrogen and oxygen atoms in total. The van der Waals surface area contributed by atoms with Crippen molar-refractivity contribution in [2.24, 2.45) is 0 Å². The second kappa shape index (κ2) is 5.33. The summed E-state index contributed by atoms with van der Waals surface area (Å²) in [7, 11) is 0. The number of hydrogen-bond donors (Lipinski definition) is 1. The minimum Gasteiger partial charge on any atom is -0.383 e. The molecule has 1 unspecified atom stereocenters. The Morgan fingerprint density at radius 2 is 1.45 bits per heavy atom. The molecule has 0 radical (unpaired) electrons. The fraction of sp³-hybridized carbons (Fsp3) is 0.294. The highest BCUT2D eigenvalue weighted by molar-refractivity contribution is 5.40. The maximum atomic E-state index is 13.8. The number of halogens is 2. The summed E-state index contributed by atoms with van der Waals surface area (Å²) in [5, 5.41) is 10.4. The molecule has 106 valence electrons. The minimum atomic E-state index is -1.31. The number of aliphatic hydroxyl groups excluding tert-OH is 1. The van der Waals surface area contributed by atoms with Crippen molar-refractivity contribution < 1.29 is 13.9 Å². The van der Waals surface area contributed by atoms with E-state index in [-0.39, 0.29) is 11.0 Å². The second-order valence-corrected chi connectivity index (χ2v) is 5.88. The molecule has 0 fully saturated rings. The van der Waals surface area contributed by atoms with Crippen LogP contribution in [-0.2, 0) is 5.41 Å². The summed E-state index contributed by atoms with van der Waals surface area (Å²) in [6.07, 6.45) is -1.31. The zero-order chi connectivity index (χ0) is 14.9. The van der Waals surface area contributed by atoms with Crippen LogP contribution in [0.3, 0.4) is 0 Å². The number of aliphatic hydroxyl groups is 1. The van der Waals surface area contributed by atoms with E-state index in [9.17, 15) is 13.9 Å². The molecule has 0 saturated carbocycles. The van der Waals surface area contributed by atoms with E-state index in [2.05, 4.69) is 0 Å². The predicted octanol–water partition coefficient (Wildman–Crippen LogP) is 4.34. The largest absolute Gasteiger partial charge is 0.383 e. The quantitative estimate of drug-likeness (QED) is 0.865. The molecule has 0 aliphatic rings. The lowest BCUT2D eigenvalue weighted by molar-refractivity contribution is 0.206. The van der Waals surface area contributed by atoms with Gasteiger partial charge in [-0.25, -0.2) is 8.78 Å². The Hall–Kier alpha value is -1.74. The molecule has 0 aromatic heterocycles. The molecule has 0 spiro atoms. The monoisotopic (exact) mass is 276 g/mol. The molecule has 3 heteroatoms. The lowest BCUT2D eigenvalue weighted by atomic mass is 9.81. The Morgan fingerprint density at radius 3 is 2.00 bits per heavy atom. The van der Waals surface area contributed by atoms with Crippen LogP contribution in [0.1, 0.15) is 43.6 Å². The van der Waals surface area contributed by atoms with E-state index in [0.29, 0.717) is 5.56 Å². The minimum absolute atomic E-state index is 0.223. The molecular weight excluding hydrogens is 258 g/mol. The molecule has 0 aliphatic heterocycles. The third-order valence-electron chi connectivity index (χ3n) is 3.34. The van der Waals surface area contributed by atoms with Crippen LogP contribution in [0.25, 0.3) is 0 Å². The Balaban J connectivity index is 2.58. The van der Waals surface area contributed by atoms with Crippen LogP contribution in [0, 0.1) is 11.6 Å². The smallest absolute Gasteiger partial charge is 0.132 e. The van der Waals surface area contributed by atoms with Crippen molar-refractivity contribution in [1.29, 1.82) is 0 Å². The molecule has 20 heavy (non-hydrogen) atoms. The van der Waals surface area contributed by atoms with Crippen molar-refractivity contribution in [3.63, 3.8) is 0 Å². The van der Waals surface area contributed by atoms with Crippen molar-refractivity contribution in [3.8, 4) is 0 Å². The average molecular weight is 276 g/mol. The lowest BCUT2D eigenvalue weighted by Gasteiger charge is -2.25. The summed E-state index contributed by atoms with van der Waals surface area (Å²) in [6, 6.07) is 10.8. The number of benzene rings is 2. The summed E-state index contributed by atoms with van der Waals surface area (Å²) >= 11 is 0. The van der Waals surface area contributed by atoms with Gasteiger partial charge < -0.3 is 5.11 Å². The summed E-state index contributed by atoms with van der Waals surface area (Å²) in [5.74, 6) is -1.47. The van der Waals surface area contributed by atoms with Crippen LogP contribution < -0.4 is 0 Å². The molecule has 1 N–H and O–H groups in total. The van der Waals surface area contributed by atoms with E-state index >= 15 is 0 Å². The molecule has 1 atom stereocenters. The molecule has 0 aliphatic carbocycles. The third-order valence-corrected chi connectivity index (χ3v) is 3.34. The Morgan fingerprint density at radius 1 is 0.900 bits per heavy atom. The first kappa shape index (κ1) is 14.7. The highest BCUT2D eigenvalue weighted by atomic mass is 19.1. The fourth-order valence-corrected chi connectivity index (χ4v) is 2.35. The molecule has 0 bridgehead atoms. The van der Waals surface area contributed by atoms with E-state index in [1.54, 1.807) is 12.1 Å². The van der Waals surface area contributed by atoms with Gasteiger partial charge in [0.1, 0.15) is 17.7 Å². The SMILES string of the molecule is CC(C)(C)c1ccccc1C(O)c1c(F)cccc1F.